The molecule has 3 heterocycles. The molecule has 0 unspecified atom stereocenters. The zero-order chi connectivity index (χ0) is 24.4. The lowest BCUT2D eigenvalue weighted by Crippen LogP contribution is -2.42. The van der Waals surface area contributed by atoms with E-state index in [0.717, 1.165) is 16.0 Å². The first-order chi connectivity index (χ1) is 16.9. The summed E-state index contributed by atoms with van der Waals surface area (Å²) >= 11 is 4.69. The molecule has 35 heavy (non-hydrogen) atoms. The van der Waals surface area contributed by atoms with Gasteiger partial charge in [-0.15, -0.1) is 21.5 Å². The fourth-order valence-corrected chi connectivity index (χ4v) is 7.36. The van der Waals surface area contributed by atoms with E-state index in [0.29, 0.717) is 41.0 Å². The summed E-state index contributed by atoms with van der Waals surface area (Å²) in [7, 11) is -3.37. The van der Waals surface area contributed by atoms with Crippen molar-refractivity contribution in [2.75, 3.05) is 13.1 Å². The first-order valence-corrected chi connectivity index (χ1v) is 14.1. The number of H-pyrrole nitrogens is 1. The molecule has 2 aromatic carbocycles. The molecule has 2 aromatic heterocycles. The fraction of sp³-hybridized carbons (Fsp3) is 0.261. The van der Waals surface area contributed by atoms with Crippen molar-refractivity contribution in [2.24, 2.45) is 0 Å². The van der Waals surface area contributed by atoms with Gasteiger partial charge < -0.3 is 4.74 Å². The van der Waals surface area contributed by atoms with Gasteiger partial charge in [0, 0.05) is 13.1 Å². The molecule has 0 spiro atoms. The number of halogens is 1. The van der Waals surface area contributed by atoms with Gasteiger partial charge in [-0.3, -0.25) is 5.11 Å². The van der Waals surface area contributed by atoms with Crippen LogP contribution in [0.5, 0.6) is 11.5 Å². The molecule has 0 bridgehead atoms. The number of benzene rings is 2. The third kappa shape index (κ3) is 5.25. The van der Waals surface area contributed by atoms with Gasteiger partial charge >= 0.3 is 0 Å². The van der Waals surface area contributed by atoms with Crippen LogP contribution in [-0.2, 0) is 20.9 Å². The zero-order valence-corrected chi connectivity index (χ0v) is 21.6. The van der Waals surface area contributed by atoms with Crippen LogP contribution in [-0.4, -0.2) is 52.5 Å². The minimum Gasteiger partial charge on any atom is -0.490 e. The number of tetrazole rings is 1. The molecule has 1 radical (unpaired) electrons. The summed E-state index contributed by atoms with van der Waals surface area (Å²) in [5.74, 6) is 0.738. The Morgan fingerprint density at radius 3 is 2.57 bits per heavy atom. The Hall–Kier alpha value is -2.80. The summed E-state index contributed by atoms with van der Waals surface area (Å²) in [6, 6.07) is 16.7. The van der Waals surface area contributed by atoms with Crippen LogP contribution in [0.15, 0.2) is 59.1 Å². The first-order valence-electron chi connectivity index (χ1n) is 10.9. The highest BCUT2D eigenvalue weighted by Gasteiger charge is 2.29. The van der Waals surface area contributed by atoms with E-state index in [2.05, 4.69) is 36.6 Å². The molecule has 4 aromatic rings. The van der Waals surface area contributed by atoms with Crippen LogP contribution < -0.4 is 4.74 Å². The zero-order valence-electron chi connectivity index (χ0n) is 18.4. The number of rotatable bonds is 7. The molecule has 12 heteroatoms. The smallest absolute Gasteiger partial charge is 0.218 e. The maximum Gasteiger partial charge on any atom is 0.218 e. The number of nitrogens with zero attached hydrogens (tertiary/aromatic N) is 4. The molecule has 1 aliphatic heterocycles. The lowest BCUT2D eigenvalue weighted by Gasteiger charge is -2.31. The summed E-state index contributed by atoms with van der Waals surface area (Å²) in [6.45, 7) is 0.840. The third-order valence-electron chi connectivity index (χ3n) is 5.74. The van der Waals surface area contributed by atoms with Crippen LogP contribution in [0.4, 0.5) is 0 Å². The number of ether oxygens (including phenoxy) is 1. The van der Waals surface area contributed by atoms with Crippen molar-refractivity contribution < 1.29 is 18.3 Å². The van der Waals surface area contributed by atoms with Crippen molar-refractivity contribution in [1.82, 2.24) is 24.9 Å². The van der Waals surface area contributed by atoms with E-state index in [1.807, 2.05) is 54.6 Å². The third-order valence-corrected chi connectivity index (χ3v) is 9.83. The van der Waals surface area contributed by atoms with Gasteiger partial charge in [-0.2, -0.15) is 5.21 Å². The number of aromatic nitrogens is 4. The van der Waals surface area contributed by atoms with E-state index in [-0.39, 0.29) is 23.4 Å². The number of sulfonamides is 1. The van der Waals surface area contributed by atoms with Crippen molar-refractivity contribution in [2.45, 2.75) is 24.7 Å². The Bertz CT molecular complexity index is 1400. The van der Waals surface area contributed by atoms with Crippen LogP contribution >= 0.6 is 27.3 Å². The highest BCUT2D eigenvalue weighted by Crippen LogP contribution is 2.49. The van der Waals surface area contributed by atoms with Gasteiger partial charge in [0.2, 0.25) is 21.6 Å². The van der Waals surface area contributed by atoms with E-state index in [1.165, 1.54) is 11.3 Å². The Labute approximate surface area is 214 Å². The number of hydrogen-bond donors (Lipinski definition) is 1. The summed E-state index contributed by atoms with van der Waals surface area (Å²) in [5, 5.41) is 26.4. The fourth-order valence-electron chi connectivity index (χ4n) is 3.99. The van der Waals surface area contributed by atoms with E-state index >= 15 is 0 Å². The first kappa shape index (κ1) is 23.9. The largest absolute Gasteiger partial charge is 0.490 e. The van der Waals surface area contributed by atoms with Crippen LogP contribution in [0.1, 0.15) is 18.4 Å². The van der Waals surface area contributed by atoms with Crippen molar-refractivity contribution in [3.05, 3.63) is 64.6 Å². The summed E-state index contributed by atoms with van der Waals surface area (Å²) in [5.41, 5.74) is 1.61. The van der Waals surface area contributed by atoms with Crippen molar-refractivity contribution >= 4 is 37.3 Å². The SMILES string of the molecule is [O]c1c(-c2nn[nH]n2)sc(-c2cccc(OC3CCN(S(=O)(=O)Cc4ccccc4)CC3)c2)c1Br. The average Bonchev–Trinajstić information content (AvgIpc) is 3.49. The van der Waals surface area contributed by atoms with E-state index in [1.54, 1.807) is 4.31 Å². The van der Waals surface area contributed by atoms with Crippen LogP contribution in [0.25, 0.3) is 21.1 Å². The topological polar surface area (TPSA) is 121 Å². The second kappa shape index (κ2) is 10.1. The predicted molar refractivity (Wildman–Crippen MR) is 135 cm³/mol. The summed E-state index contributed by atoms with van der Waals surface area (Å²) in [6.07, 6.45) is 1.12. The molecule has 5 rings (SSSR count). The molecular formula is C23H21BrN5O4S2. The van der Waals surface area contributed by atoms with Gasteiger partial charge in [0.25, 0.3) is 0 Å². The lowest BCUT2D eigenvalue weighted by atomic mass is 10.1. The van der Waals surface area contributed by atoms with Gasteiger partial charge in [-0.05, 0) is 57.2 Å². The molecular weight excluding hydrogens is 554 g/mol. The molecule has 0 saturated carbocycles. The Morgan fingerprint density at radius 2 is 1.86 bits per heavy atom. The van der Waals surface area contributed by atoms with Gasteiger partial charge in [-0.25, -0.2) is 12.7 Å². The number of aromatic amines is 1. The molecule has 0 atom stereocenters. The van der Waals surface area contributed by atoms with Crippen molar-refractivity contribution in [1.29, 1.82) is 0 Å². The number of hydrogen-bond acceptors (Lipinski definition) is 7. The van der Waals surface area contributed by atoms with Gasteiger partial charge in [-0.1, -0.05) is 42.5 Å². The molecule has 0 amide bonds. The Morgan fingerprint density at radius 1 is 1.09 bits per heavy atom. The second-order valence-electron chi connectivity index (χ2n) is 8.12. The highest BCUT2D eigenvalue weighted by molar-refractivity contribution is 9.10. The predicted octanol–water partition coefficient (Wildman–Crippen LogP) is 4.87. The minimum absolute atomic E-state index is 0.00461. The van der Waals surface area contributed by atoms with Crippen LogP contribution in [0.2, 0.25) is 0 Å². The number of thiophene rings is 1. The van der Waals surface area contributed by atoms with Crippen LogP contribution in [0.3, 0.4) is 0 Å². The quantitative estimate of drug-likeness (QED) is 0.336. The second-order valence-corrected chi connectivity index (χ2v) is 11.9. The molecule has 1 fully saturated rings. The van der Waals surface area contributed by atoms with E-state index < -0.39 is 10.0 Å². The molecule has 1 saturated heterocycles. The molecule has 181 valence electrons. The van der Waals surface area contributed by atoms with Gasteiger partial charge in [0.05, 0.1) is 15.1 Å². The normalized spacial score (nSPS) is 15.3. The molecule has 1 aliphatic rings. The van der Waals surface area contributed by atoms with E-state index in [9.17, 15) is 13.5 Å². The minimum atomic E-state index is -3.37. The Balaban J connectivity index is 1.25. The average molecular weight is 575 g/mol. The van der Waals surface area contributed by atoms with Crippen LogP contribution in [0, 0.1) is 0 Å². The summed E-state index contributed by atoms with van der Waals surface area (Å²) < 4.78 is 33.8. The highest BCUT2D eigenvalue weighted by atomic mass is 79.9. The Kier molecular flexibility index (Phi) is 6.87. The van der Waals surface area contributed by atoms with Gasteiger partial charge in [0.15, 0.2) is 0 Å². The number of piperidine rings is 1. The standard InChI is InChI=1S/C23H21BrN5O4S2/c24-19-20(30)22(23-25-27-28-26-23)34-21(19)16-7-4-8-18(13-16)33-17-9-11-29(12-10-17)35(31,32)14-15-5-2-1-3-6-15/h1-8,13,17H,9-12,14H2,(H,25,26,27,28). The molecule has 0 aliphatic carbocycles. The molecule has 1 N–H and O–H groups in total. The van der Waals surface area contributed by atoms with E-state index in [4.69, 9.17) is 4.74 Å². The summed E-state index contributed by atoms with van der Waals surface area (Å²) in [4.78, 5) is 1.15. The maximum atomic E-state index is 12.8. The van der Waals surface area contributed by atoms with Crippen molar-refractivity contribution in [3.8, 4) is 32.6 Å². The monoisotopic (exact) mass is 574 g/mol. The van der Waals surface area contributed by atoms with Crippen molar-refractivity contribution in [3.63, 3.8) is 0 Å². The maximum absolute atomic E-state index is 12.8. The lowest BCUT2D eigenvalue weighted by molar-refractivity contribution is 0.135. The molecule has 9 nitrogen and oxygen atoms in total. The number of nitrogens with one attached hydrogen (secondary N) is 1. The van der Waals surface area contributed by atoms with Gasteiger partial charge in [0.1, 0.15) is 16.7 Å².